The number of fused-ring (bicyclic) bond motifs is 2. The van der Waals surface area contributed by atoms with Crippen molar-refractivity contribution < 1.29 is 9.53 Å². The van der Waals surface area contributed by atoms with E-state index in [9.17, 15) is 4.79 Å². The topological polar surface area (TPSA) is 111 Å². The van der Waals surface area contributed by atoms with Gasteiger partial charge in [0.1, 0.15) is 5.82 Å². The fourth-order valence-corrected chi connectivity index (χ4v) is 4.49. The fraction of sp³-hybridized carbons (Fsp3) is 0.280. The summed E-state index contributed by atoms with van der Waals surface area (Å²) < 4.78 is 6.47. The van der Waals surface area contributed by atoms with Gasteiger partial charge in [-0.15, -0.1) is 0 Å². The number of pyridine rings is 1. The number of nitrogens with zero attached hydrogens (tertiary/aromatic N) is 5. The number of amides is 1. The maximum absolute atomic E-state index is 11.7. The summed E-state index contributed by atoms with van der Waals surface area (Å²) in [4.78, 5) is 23.0. The molecule has 5 rings (SSSR count). The molecule has 1 aliphatic rings. The van der Waals surface area contributed by atoms with E-state index in [-0.39, 0.29) is 12.1 Å². The molecule has 0 unspecified atom stereocenters. The highest BCUT2D eigenvalue weighted by atomic mass is 16.5. The van der Waals surface area contributed by atoms with Gasteiger partial charge in [0, 0.05) is 53.9 Å². The van der Waals surface area contributed by atoms with Crippen molar-refractivity contribution in [2.24, 2.45) is 0 Å². The minimum Gasteiger partial charge on any atom is -0.453 e. The predicted molar refractivity (Wildman–Crippen MR) is 132 cm³/mol. The molecular formula is C25H27N7O2. The van der Waals surface area contributed by atoms with E-state index in [0.29, 0.717) is 31.1 Å². The van der Waals surface area contributed by atoms with Crippen LogP contribution in [0.1, 0.15) is 24.1 Å². The van der Waals surface area contributed by atoms with E-state index in [2.05, 4.69) is 28.0 Å². The second-order valence-electron chi connectivity index (χ2n) is 8.38. The third-order valence-corrected chi connectivity index (χ3v) is 6.39. The van der Waals surface area contributed by atoms with Crippen LogP contribution in [0.2, 0.25) is 0 Å². The summed E-state index contributed by atoms with van der Waals surface area (Å²) in [7, 11) is 1.41. The Kier molecular flexibility index (Phi) is 5.85. The quantitative estimate of drug-likeness (QED) is 0.472. The first kappa shape index (κ1) is 21.8. The zero-order valence-corrected chi connectivity index (χ0v) is 19.1. The van der Waals surface area contributed by atoms with E-state index >= 15 is 0 Å². The van der Waals surface area contributed by atoms with Gasteiger partial charge in [0.05, 0.1) is 24.5 Å². The normalized spacial score (nSPS) is 14.6. The summed E-state index contributed by atoms with van der Waals surface area (Å²) in [6.45, 7) is 5.79. The number of aromatic nitrogens is 4. The molecule has 1 fully saturated rings. The van der Waals surface area contributed by atoms with Crippen LogP contribution in [0.15, 0.2) is 49.3 Å². The number of nitrogens with two attached hydrogens (primary N) is 1. The van der Waals surface area contributed by atoms with Gasteiger partial charge in [-0.1, -0.05) is 30.9 Å². The third-order valence-electron chi connectivity index (χ3n) is 6.39. The second-order valence-corrected chi connectivity index (χ2v) is 8.38. The van der Waals surface area contributed by atoms with E-state index in [1.54, 1.807) is 21.7 Å². The molecule has 174 valence electrons. The highest BCUT2D eigenvalue weighted by molar-refractivity contribution is 5.87. The van der Waals surface area contributed by atoms with Crippen molar-refractivity contribution >= 4 is 34.5 Å². The largest absolute Gasteiger partial charge is 0.453 e. The van der Waals surface area contributed by atoms with Gasteiger partial charge in [-0.05, 0) is 25.0 Å². The Morgan fingerprint density at radius 2 is 2.09 bits per heavy atom. The van der Waals surface area contributed by atoms with Crippen LogP contribution < -0.4 is 11.1 Å². The Labute approximate surface area is 197 Å². The van der Waals surface area contributed by atoms with Crippen LogP contribution in [0.4, 0.5) is 10.6 Å². The molecule has 9 heteroatoms. The zero-order valence-electron chi connectivity index (χ0n) is 19.1. The number of carbonyl (C=O) groups excluding carboxylic acids is 1. The molecule has 3 aromatic heterocycles. The number of ether oxygens (including phenoxy) is 1. The number of nitrogen functional groups attached to an aromatic ring is 1. The standard InChI is InChI=1S/C25H27N7O2/c1-3-19-22(15-27-18-8-10-31(11-9-18)25(33)34-2)30-24-20(14-29-32(24)23(19)26)17-12-16-6-4-5-7-21(16)28-13-17/h3-7,12-14,18,27H,1,8-11,15,26H2,2H3. The van der Waals surface area contributed by atoms with Crippen molar-refractivity contribution in [1.82, 2.24) is 29.8 Å². The monoisotopic (exact) mass is 457 g/mol. The highest BCUT2D eigenvalue weighted by Crippen LogP contribution is 2.29. The molecule has 0 bridgehead atoms. The maximum Gasteiger partial charge on any atom is 0.409 e. The molecule has 0 radical (unpaired) electrons. The molecule has 3 N–H and O–H groups in total. The first-order chi connectivity index (χ1) is 16.6. The lowest BCUT2D eigenvalue weighted by atomic mass is 10.0. The van der Waals surface area contributed by atoms with E-state index in [1.165, 1.54) is 7.11 Å². The lowest BCUT2D eigenvalue weighted by Gasteiger charge is -2.31. The van der Waals surface area contributed by atoms with E-state index in [1.807, 2.05) is 30.5 Å². The number of methoxy groups -OCH3 is 1. The van der Waals surface area contributed by atoms with Gasteiger partial charge < -0.3 is 20.7 Å². The molecule has 1 aromatic carbocycles. The number of likely N-dealkylation sites (tertiary alicyclic amines) is 1. The third kappa shape index (κ3) is 3.94. The zero-order chi connectivity index (χ0) is 23.7. The lowest BCUT2D eigenvalue weighted by molar-refractivity contribution is 0.109. The highest BCUT2D eigenvalue weighted by Gasteiger charge is 2.24. The molecule has 0 aliphatic carbocycles. The van der Waals surface area contributed by atoms with Crippen molar-refractivity contribution in [2.45, 2.75) is 25.4 Å². The van der Waals surface area contributed by atoms with Gasteiger partial charge in [-0.3, -0.25) is 4.98 Å². The Bertz CT molecular complexity index is 1370. The first-order valence-corrected chi connectivity index (χ1v) is 11.3. The summed E-state index contributed by atoms with van der Waals surface area (Å²) in [6, 6.07) is 10.4. The van der Waals surface area contributed by atoms with Crippen molar-refractivity contribution in [1.29, 1.82) is 0 Å². The van der Waals surface area contributed by atoms with Gasteiger partial charge in [0.2, 0.25) is 0 Å². The fourth-order valence-electron chi connectivity index (χ4n) is 4.49. The molecule has 1 saturated heterocycles. The molecule has 1 amide bonds. The molecule has 9 nitrogen and oxygen atoms in total. The Morgan fingerprint density at radius 3 is 2.85 bits per heavy atom. The second kappa shape index (κ2) is 9.11. The number of nitrogens with one attached hydrogen (secondary N) is 1. The molecule has 34 heavy (non-hydrogen) atoms. The van der Waals surface area contributed by atoms with Crippen molar-refractivity contribution in [3.63, 3.8) is 0 Å². The molecule has 4 heterocycles. The number of rotatable bonds is 5. The molecule has 0 atom stereocenters. The maximum atomic E-state index is 11.7. The average molecular weight is 458 g/mol. The van der Waals surface area contributed by atoms with E-state index in [0.717, 1.165) is 46.1 Å². The molecule has 4 aromatic rings. The average Bonchev–Trinajstić information content (AvgIpc) is 3.31. The summed E-state index contributed by atoms with van der Waals surface area (Å²) in [6.07, 6.45) is 6.75. The molecule has 0 spiro atoms. The number of benzene rings is 1. The van der Waals surface area contributed by atoms with Crippen LogP contribution in [-0.2, 0) is 11.3 Å². The van der Waals surface area contributed by atoms with Crippen LogP contribution in [0.25, 0.3) is 33.8 Å². The van der Waals surface area contributed by atoms with Crippen LogP contribution in [-0.4, -0.2) is 56.8 Å². The molecule has 1 aliphatic heterocycles. The van der Waals surface area contributed by atoms with Crippen molar-refractivity contribution in [2.75, 3.05) is 25.9 Å². The van der Waals surface area contributed by atoms with Gasteiger partial charge >= 0.3 is 6.09 Å². The van der Waals surface area contributed by atoms with Gasteiger partial charge in [0.15, 0.2) is 5.65 Å². The Morgan fingerprint density at radius 1 is 1.29 bits per heavy atom. The number of anilines is 1. The number of hydrogen-bond acceptors (Lipinski definition) is 7. The van der Waals surface area contributed by atoms with Crippen LogP contribution >= 0.6 is 0 Å². The minimum absolute atomic E-state index is 0.270. The van der Waals surface area contributed by atoms with E-state index in [4.69, 9.17) is 15.5 Å². The summed E-state index contributed by atoms with van der Waals surface area (Å²) in [5.74, 6) is 0.498. The smallest absolute Gasteiger partial charge is 0.409 e. The Balaban J connectivity index is 1.43. The molecular weight excluding hydrogens is 430 g/mol. The van der Waals surface area contributed by atoms with Gasteiger partial charge in [-0.2, -0.15) is 9.61 Å². The first-order valence-electron chi connectivity index (χ1n) is 11.3. The van der Waals surface area contributed by atoms with Crippen LogP contribution in [0.5, 0.6) is 0 Å². The summed E-state index contributed by atoms with van der Waals surface area (Å²) in [5.41, 5.74) is 11.5. The van der Waals surface area contributed by atoms with Crippen molar-refractivity contribution in [3.8, 4) is 11.1 Å². The number of hydrogen-bond donors (Lipinski definition) is 2. The van der Waals surface area contributed by atoms with Gasteiger partial charge in [-0.25, -0.2) is 9.78 Å². The minimum atomic E-state index is -0.274. The summed E-state index contributed by atoms with van der Waals surface area (Å²) >= 11 is 0. The Hall–Kier alpha value is -3.98. The van der Waals surface area contributed by atoms with Crippen LogP contribution in [0.3, 0.4) is 0 Å². The predicted octanol–water partition coefficient (Wildman–Crippen LogP) is 3.49. The number of carbonyl (C=O) groups is 1. The van der Waals surface area contributed by atoms with Gasteiger partial charge in [0.25, 0.3) is 0 Å². The van der Waals surface area contributed by atoms with E-state index < -0.39 is 0 Å². The SMILES string of the molecule is C=Cc1c(CNC2CCN(C(=O)OC)CC2)nc2c(-c3cnc4ccccc4c3)cnn2c1N. The number of para-hydroxylation sites is 1. The molecule has 0 saturated carbocycles. The van der Waals surface area contributed by atoms with Crippen LogP contribution in [0, 0.1) is 0 Å². The number of piperidine rings is 1. The van der Waals surface area contributed by atoms with Crippen molar-refractivity contribution in [3.05, 3.63) is 60.6 Å². The summed E-state index contributed by atoms with van der Waals surface area (Å²) in [5, 5.41) is 9.11. The lowest BCUT2D eigenvalue weighted by Crippen LogP contribution is -2.44.